The number of nitro groups is 1. The second-order valence-electron chi connectivity index (χ2n) is 5.78. The molecule has 25 heavy (non-hydrogen) atoms. The average Bonchev–Trinajstić information content (AvgIpc) is 3.01. The van der Waals surface area contributed by atoms with E-state index in [0.29, 0.717) is 37.0 Å². The van der Waals surface area contributed by atoms with Crippen molar-refractivity contribution < 1.29 is 14.4 Å². The van der Waals surface area contributed by atoms with Gasteiger partial charge in [0.05, 0.1) is 6.20 Å². The van der Waals surface area contributed by atoms with Crippen LogP contribution in [0.15, 0.2) is 42.6 Å². The molecule has 0 spiro atoms. The molecule has 0 fully saturated rings. The summed E-state index contributed by atoms with van der Waals surface area (Å²) in [5, 5.41) is 11.5. The summed E-state index contributed by atoms with van der Waals surface area (Å²) in [6.07, 6.45) is 1.64. The number of rotatable bonds is 4. The van der Waals surface area contributed by atoms with Crippen molar-refractivity contribution in [2.45, 2.75) is 6.54 Å². The molecule has 8 nitrogen and oxygen atoms in total. The van der Waals surface area contributed by atoms with Crippen LogP contribution in [0, 0.1) is 10.1 Å². The standard InChI is InChI=1S/C17H16N4O4/c1-19(11-12-5-6-13-14(10-12)25-9-8-24-13)16-17(21(22)23)20-7-3-2-4-15(20)18-16/h2-7,10H,8-9,11H2,1H3. The number of fused-ring (bicyclic) bond motifs is 2. The van der Waals surface area contributed by atoms with E-state index >= 15 is 0 Å². The number of pyridine rings is 1. The molecule has 1 aliphatic heterocycles. The predicted molar refractivity (Wildman–Crippen MR) is 91.4 cm³/mol. The van der Waals surface area contributed by atoms with Gasteiger partial charge in [-0.3, -0.25) is 0 Å². The molecule has 0 radical (unpaired) electrons. The first-order valence-corrected chi connectivity index (χ1v) is 7.84. The van der Waals surface area contributed by atoms with Gasteiger partial charge in [0.15, 0.2) is 11.5 Å². The largest absolute Gasteiger partial charge is 0.486 e. The van der Waals surface area contributed by atoms with Gasteiger partial charge in [-0.15, -0.1) is 0 Å². The first-order valence-electron chi connectivity index (χ1n) is 7.84. The third kappa shape index (κ3) is 2.71. The van der Waals surface area contributed by atoms with Gasteiger partial charge >= 0.3 is 5.82 Å². The molecule has 0 atom stereocenters. The molecule has 0 amide bonds. The normalized spacial score (nSPS) is 13.0. The lowest BCUT2D eigenvalue weighted by atomic mass is 10.2. The molecule has 0 bridgehead atoms. The monoisotopic (exact) mass is 340 g/mol. The molecule has 0 saturated carbocycles. The maximum Gasteiger partial charge on any atom is 0.372 e. The number of benzene rings is 1. The smallest absolute Gasteiger partial charge is 0.372 e. The Morgan fingerprint density at radius 1 is 1.24 bits per heavy atom. The molecule has 0 N–H and O–H groups in total. The topological polar surface area (TPSA) is 82.1 Å². The zero-order valence-electron chi connectivity index (χ0n) is 13.6. The van der Waals surface area contributed by atoms with E-state index in [4.69, 9.17) is 9.47 Å². The van der Waals surface area contributed by atoms with Gasteiger partial charge in [0.2, 0.25) is 11.5 Å². The van der Waals surface area contributed by atoms with Crippen LogP contribution < -0.4 is 14.4 Å². The van der Waals surface area contributed by atoms with E-state index in [1.807, 2.05) is 18.2 Å². The van der Waals surface area contributed by atoms with Crippen molar-refractivity contribution in [3.8, 4) is 11.5 Å². The van der Waals surface area contributed by atoms with Crippen LogP contribution in [0.1, 0.15) is 5.56 Å². The summed E-state index contributed by atoms with van der Waals surface area (Å²) in [5.74, 6) is 1.69. The minimum atomic E-state index is -0.407. The fourth-order valence-electron chi connectivity index (χ4n) is 2.93. The molecule has 1 aliphatic rings. The van der Waals surface area contributed by atoms with Crippen molar-refractivity contribution in [2.24, 2.45) is 0 Å². The SMILES string of the molecule is CN(Cc1ccc2c(c1)OCCO2)c1nc2ccccn2c1[N+](=O)[O-]. The number of hydrogen-bond acceptors (Lipinski definition) is 6. The number of anilines is 1. The number of imidazole rings is 1. The Labute approximate surface area is 143 Å². The molecule has 3 aromatic rings. The maximum atomic E-state index is 11.5. The molecule has 1 aromatic carbocycles. The summed E-state index contributed by atoms with van der Waals surface area (Å²) in [5.41, 5.74) is 1.50. The van der Waals surface area contributed by atoms with E-state index < -0.39 is 4.92 Å². The molecule has 0 unspecified atom stereocenters. The third-order valence-electron chi connectivity index (χ3n) is 4.05. The van der Waals surface area contributed by atoms with Crippen LogP contribution in [0.3, 0.4) is 0 Å². The number of hydrogen-bond donors (Lipinski definition) is 0. The minimum absolute atomic E-state index is 0.0457. The summed E-state index contributed by atoms with van der Waals surface area (Å²) in [4.78, 5) is 17.3. The second kappa shape index (κ2) is 5.97. The fraction of sp³-hybridized carbons (Fsp3) is 0.235. The van der Waals surface area contributed by atoms with Crippen molar-refractivity contribution >= 4 is 17.3 Å². The van der Waals surface area contributed by atoms with Gasteiger partial charge < -0.3 is 24.5 Å². The summed E-state index contributed by atoms with van der Waals surface area (Å²) in [6, 6.07) is 11.0. The first-order chi connectivity index (χ1) is 12.1. The van der Waals surface area contributed by atoms with Gasteiger partial charge in [-0.2, -0.15) is 9.38 Å². The lowest BCUT2D eigenvalue weighted by molar-refractivity contribution is -0.389. The summed E-state index contributed by atoms with van der Waals surface area (Å²) >= 11 is 0. The zero-order chi connectivity index (χ0) is 17.4. The average molecular weight is 340 g/mol. The number of nitrogens with zero attached hydrogens (tertiary/aromatic N) is 4. The number of aromatic nitrogens is 2. The van der Waals surface area contributed by atoms with E-state index in [0.717, 1.165) is 11.3 Å². The molecule has 3 heterocycles. The van der Waals surface area contributed by atoms with E-state index in [1.54, 1.807) is 36.3 Å². The van der Waals surface area contributed by atoms with Gasteiger partial charge in [0.1, 0.15) is 13.2 Å². The molecule has 128 valence electrons. The molecular weight excluding hydrogens is 324 g/mol. The maximum absolute atomic E-state index is 11.5. The van der Waals surface area contributed by atoms with Crippen molar-refractivity contribution in [3.05, 3.63) is 58.3 Å². The highest BCUT2D eigenvalue weighted by atomic mass is 16.6. The summed E-state index contributed by atoms with van der Waals surface area (Å²) < 4.78 is 12.6. The third-order valence-corrected chi connectivity index (χ3v) is 4.05. The van der Waals surface area contributed by atoms with Crippen LogP contribution in [0.4, 0.5) is 11.6 Å². The van der Waals surface area contributed by atoms with Crippen LogP contribution in [-0.2, 0) is 6.54 Å². The van der Waals surface area contributed by atoms with Crippen molar-refractivity contribution in [2.75, 3.05) is 25.2 Å². The quantitative estimate of drug-likeness (QED) is 0.536. The Kier molecular flexibility index (Phi) is 3.64. The van der Waals surface area contributed by atoms with Crippen molar-refractivity contribution in [1.82, 2.24) is 9.38 Å². The molecule has 0 aliphatic carbocycles. The lowest BCUT2D eigenvalue weighted by Gasteiger charge is -2.21. The summed E-state index contributed by atoms with van der Waals surface area (Å²) in [6.45, 7) is 1.52. The Morgan fingerprint density at radius 3 is 2.84 bits per heavy atom. The van der Waals surface area contributed by atoms with Crippen LogP contribution >= 0.6 is 0 Å². The van der Waals surface area contributed by atoms with Gasteiger partial charge in [-0.05, 0) is 28.7 Å². The Hall–Kier alpha value is -3.29. The second-order valence-corrected chi connectivity index (χ2v) is 5.78. The van der Waals surface area contributed by atoms with E-state index in [1.165, 1.54) is 4.40 Å². The van der Waals surface area contributed by atoms with Crippen LogP contribution in [0.5, 0.6) is 11.5 Å². The van der Waals surface area contributed by atoms with Gasteiger partial charge in [0.25, 0.3) is 0 Å². The van der Waals surface area contributed by atoms with E-state index in [9.17, 15) is 10.1 Å². The molecule has 8 heteroatoms. The molecule has 2 aromatic heterocycles. The highest BCUT2D eigenvalue weighted by molar-refractivity contribution is 5.63. The minimum Gasteiger partial charge on any atom is -0.486 e. The molecule has 4 rings (SSSR count). The lowest BCUT2D eigenvalue weighted by Crippen LogP contribution is -2.19. The fourth-order valence-corrected chi connectivity index (χ4v) is 2.93. The van der Waals surface area contributed by atoms with E-state index in [2.05, 4.69) is 4.98 Å². The first kappa shape index (κ1) is 15.3. The van der Waals surface area contributed by atoms with E-state index in [-0.39, 0.29) is 5.82 Å². The van der Waals surface area contributed by atoms with Crippen LogP contribution in [0.2, 0.25) is 0 Å². The van der Waals surface area contributed by atoms with Gasteiger partial charge in [-0.25, -0.2) is 0 Å². The Morgan fingerprint density at radius 2 is 2.04 bits per heavy atom. The van der Waals surface area contributed by atoms with Crippen molar-refractivity contribution in [1.29, 1.82) is 0 Å². The summed E-state index contributed by atoms with van der Waals surface area (Å²) in [7, 11) is 1.78. The van der Waals surface area contributed by atoms with Crippen LogP contribution in [0.25, 0.3) is 5.65 Å². The highest BCUT2D eigenvalue weighted by Crippen LogP contribution is 2.33. The van der Waals surface area contributed by atoms with Crippen molar-refractivity contribution in [3.63, 3.8) is 0 Å². The number of ether oxygens (including phenoxy) is 2. The van der Waals surface area contributed by atoms with Gasteiger partial charge in [0, 0.05) is 19.7 Å². The Bertz CT molecular complexity index is 953. The van der Waals surface area contributed by atoms with Crippen LogP contribution in [-0.4, -0.2) is 34.6 Å². The predicted octanol–water partition coefficient (Wildman–Crippen LogP) is 2.65. The zero-order valence-corrected chi connectivity index (χ0v) is 13.6. The molecular formula is C17H16N4O4. The highest BCUT2D eigenvalue weighted by Gasteiger charge is 2.25. The molecule has 0 saturated heterocycles. The Balaban J connectivity index is 1.67. The van der Waals surface area contributed by atoms with Gasteiger partial charge in [-0.1, -0.05) is 12.1 Å².